The van der Waals surface area contributed by atoms with Gasteiger partial charge in [-0.05, 0) is 43.2 Å². The molecular weight excluding hydrogens is 294 g/mol. The predicted molar refractivity (Wildman–Crippen MR) is 93.3 cm³/mol. The molecule has 120 valence electrons. The lowest BCUT2D eigenvalue weighted by Crippen LogP contribution is -2.08. The molecule has 0 aliphatic heterocycles. The zero-order chi connectivity index (χ0) is 16.3. The van der Waals surface area contributed by atoms with Gasteiger partial charge in [-0.1, -0.05) is 39.3 Å². The second-order valence-electron chi connectivity index (χ2n) is 6.90. The van der Waals surface area contributed by atoms with Crippen molar-refractivity contribution in [3.05, 3.63) is 34.7 Å². The Labute approximate surface area is 138 Å². The molecule has 0 bridgehead atoms. The summed E-state index contributed by atoms with van der Waals surface area (Å²) in [4.78, 5) is 4.66. The average Bonchev–Trinajstić information content (AvgIpc) is 2.85. The fourth-order valence-electron chi connectivity index (χ4n) is 2.56. The van der Waals surface area contributed by atoms with Crippen molar-refractivity contribution >= 4 is 11.6 Å². The van der Waals surface area contributed by atoms with Gasteiger partial charge in [0.05, 0.1) is 16.9 Å². The predicted octanol–water partition coefficient (Wildman–Crippen LogP) is 5.16. The van der Waals surface area contributed by atoms with Gasteiger partial charge in [-0.3, -0.25) is 9.67 Å². The first-order chi connectivity index (χ1) is 10.4. The van der Waals surface area contributed by atoms with Crippen molar-refractivity contribution in [1.82, 2.24) is 14.8 Å². The van der Waals surface area contributed by atoms with Crippen molar-refractivity contribution < 1.29 is 0 Å². The van der Waals surface area contributed by atoms with Crippen molar-refractivity contribution in [3.63, 3.8) is 0 Å². The first-order valence-corrected chi connectivity index (χ1v) is 8.43. The minimum atomic E-state index is 0.330. The fraction of sp³-hybridized carbons (Fsp3) is 0.556. The molecule has 0 unspecified atom stereocenters. The second-order valence-corrected chi connectivity index (χ2v) is 7.31. The number of halogens is 1. The number of aromatic nitrogens is 3. The van der Waals surface area contributed by atoms with Crippen LogP contribution in [0.1, 0.15) is 52.3 Å². The van der Waals surface area contributed by atoms with Crippen molar-refractivity contribution in [1.29, 1.82) is 0 Å². The van der Waals surface area contributed by atoms with Gasteiger partial charge >= 0.3 is 0 Å². The Bertz CT molecular complexity index is 638. The number of pyridine rings is 1. The van der Waals surface area contributed by atoms with E-state index in [-0.39, 0.29) is 0 Å². The SMILES string of the molecule is CCc1cc(CCC(C)(C)C)ncc1-c1c(Cl)cnn1CC. The maximum atomic E-state index is 6.34. The summed E-state index contributed by atoms with van der Waals surface area (Å²) in [6, 6.07) is 2.23. The smallest absolute Gasteiger partial charge is 0.0886 e. The Morgan fingerprint density at radius 2 is 1.91 bits per heavy atom. The number of rotatable bonds is 5. The van der Waals surface area contributed by atoms with E-state index in [0.717, 1.165) is 42.8 Å². The molecule has 2 aromatic rings. The monoisotopic (exact) mass is 319 g/mol. The molecule has 0 fully saturated rings. The number of hydrogen-bond donors (Lipinski definition) is 0. The molecule has 3 nitrogen and oxygen atoms in total. The molecule has 0 amide bonds. The van der Waals surface area contributed by atoms with E-state index in [4.69, 9.17) is 11.6 Å². The fourth-order valence-corrected chi connectivity index (χ4v) is 2.81. The standard InChI is InChI=1S/C18H26ClN3/c1-6-13-10-14(8-9-18(3,4)5)20-11-15(13)17-16(19)12-21-22(17)7-2/h10-12H,6-9H2,1-5H3. The summed E-state index contributed by atoms with van der Waals surface area (Å²) in [5, 5.41) is 5.03. The van der Waals surface area contributed by atoms with Crippen molar-refractivity contribution in [3.8, 4) is 11.3 Å². The van der Waals surface area contributed by atoms with Crippen LogP contribution in [-0.4, -0.2) is 14.8 Å². The first kappa shape index (κ1) is 17.0. The van der Waals surface area contributed by atoms with Crippen LogP contribution in [0, 0.1) is 5.41 Å². The maximum absolute atomic E-state index is 6.34. The van der Waals surface area contributed by atoms with E-state index in [2.05, 4.69) is 50.8 Å². The molecule has 22 heavy (non-hydrogen) atoms. The third-order valence-corrected chi connectivity index (χ3v) is 4.18. The normalized spacial score (nSPS) is 11.9. The largest absolute Gasteiger partial charge is 0.264 e. The molecule has 4 heteroatoms. The molecule has 0 aliphatic rings. The highest BCUT2D eigenvalue weighted by atomic mass is 35.5. The van der Waals surface area contributed by atoms with Gasteiger partial charge in [0.25, 0.3) is 0 Å². The van der Waals surface area contributed by atoms with Gasteiger partial charge < -0.3 is 0 Å². The topological polar surface area (TPSA) is 30.7 Å². The Hall–Kier alpha value is -1.35. The molecule has 2 rings (SSSR count). The Balaban J connectivity index is 2.36. The maximum Gasteiger partial charge on any atom is 0.0886 e. The summed E-state index contributed by atoms with van der Waals surface area (Å²) in [5.41, 5.74) is 4.86. The number of hydrogen-bond acceptors (Lipinski definition) is 2. The summed E-state index contributed by atoms with van der Waals surface area (Å²) in [7, 11) is 0. The Morgan fingerprint density at radius 1 is 1.18 bits per heavy atom. The molecule has 0 atom stereocenters. The highest BCUT2D eigenvalue weighted by molar-refractivity contribution is 6.33. The van der Waals surface area contributed by atoms with Crippen LogP contribution < -0.4 is 0 Å². The second kappa shape index (κ2) is 6.82. The van der Waals surface area contributed by atoms with Crippen molar-refractivity contribution in [2.75, 3.05) is 0 Å². The van der Waals surface area contributed by atoms with Crippen LogP contribution in [0.2, 0.25) is 5.02 Å². The molecule has 0 radical (unpaired) electrons. The van der Waals surface area contributed by atoms with Gasteiger partial charge in [0.15, 0.2) is 0 Å². The lowest BCUT2D eigenvalue weighted by atomic mass is 9.89. The molecule has 0 saturated heterocycles. The van der Waals surface area contributed by atoms with E-state index in [1.54, 1.807) is 6.20 Å². The van der Waals surface area contributed by atoms with Crippen LogP contribution in [0.25, 0.3) is 11.3 Å². The van der Waals surface area contributed by atoms with E-state index in [9.17, 15) is 0 Å². The highest BCUT2D eigenvalue weighted by Crippen LogP contribution is 2.31. The van der Waals surface area contributed by atoms with E-state index in [1.807, 2.05) is 10.9 Å². The molecule has 0 saturated carbocycles. The number of nitrogens with zero attached hydrogens (tertiary/aromatic N) is 3. The minimum Gasteiger partial charge on any atom is -0.264 e. The molecule has 0 N–H and O–H groups in total. The molecular formula is C18H26ClN3. The van der Waals surface area contributed by atoms with E-state index in [1.165, 1.54) is 5.56 Å². The van der Waals surface area contributed by atoms with E-state index in [0.29, 0.717) is 10.4 Å². The molecule has 0 aromatic carbocycles. The molecule has 2 heterocycles. The highest BCUT2D eigenvalue weighted by Gasteiger charge is 2.16. The third kappa shape index (κ3) is 3.89. The van der Waals surface area contributed by atoms with Crippen molar-refractivity contribution in [2.24, 2.45) is 5.41 Å². The van der Waals surface area contributed by atoms with Gasteiger partial charge in [0.1, 0.15) is 0 Å². The summed E-state index contributed by atoms with van der Waals surface area (Å²) in [6.07, 6.45) is 6.79. The van der Waals surface area contributed by atoms with Crippen LogP contribution >= 0.6 is 11.6 Å². The lowest BCUT2D eigenvalue weighted by molar-refractivity contribution is 0.376. The van der Waals surface area contributed by atoms with Crippen LogP contribution in [0.3, 0.4) is 0 Å². The number of aryl methyl sites for hydroxylation is 3. The van der Waals surface area contributed by atoms with E-state index < -0.39 is 0 Å². The summed E-state index contributed by atoms with van der Waals surface area (Å²) < 4.78 is 1.94. The summed E-state index contributed by atoms with van der Waals surface area (Å²) in [6.45, 7) is 11.8. The van der Waals surface area contributed by atoms with Crippen LogP contribution in [0.4, 0.5) is 0 Å². The van der Waals surface area contributed by atoms with Crippen LogP contribution in [0.5, 0.6) is 0 Å². The zero-order valence-electron chi connectivity index (χ0n) is 14.3. The van der Waals surface area contributed by atoms with Crippen LogP contribution in [0.15, 0.2) is 18.5 Å². The summed E-state index contributed by atoms with van der Waals surface area (Å²) in [5.74, 6) is 0. The Morgan fingerprint density at radius 3 is 2.50 bits per heavy atom. The molecule has 0 aliphatic carbocycles. The minimum absolute atomic E-state index is 0.330. The first-order valence-electron chi connectivity index (χ1n) is 8.05. The molecule has 0 spiro atoms. The van der Waals surface area contributed by atoms with Gasteiger partial charge in [-0.2, -0.15) is 5.10 Å². The molecule has 2 aromatic heterocycles. The zero-order valence-corrected chi connectivity index (χ0v) is 15.0. The van der Waals surface area contributed by atoms with Crippen molar-refractivity contribution in [2.45, 2.75) is 60.4 Å². The average molecular weight is 320 g/mol. The van der Waals surface area contributed by atoms with Gasteiger partial charge in [-0.25, -0.2) is 0 Å². The van der Waals surface area contributed by atoms with Crippen LogP contribution in [-0.2, 0) is 19.4 Å². The van der Waals surface area contributed by atoms with Gasteiger partial charge in [0, 0.05) is 24.0 Å². The van der Waals surface area contributed by atoms with E-state index >= 15 is 0 Å². The Kier molecular flexibility index (Phi) is 5.28. The summed E-state index contributed by atoms with van der Waals surface area (Å²) >= 11 is 6.34. The van der Waals surface area contributed by atoms with Gasteiger partial charge in [-0.15, -0.1) is 0 Å². The lowest BCUT2D eigenvalue weighted by Gasteiger charge is -2.18. The van der Waals surface area contributed by atoms with Gasteiger partial charge in [0.2, 0.25) is 0 Å². The quantitative estimate of drug-likeness (QED) is 0.762. The third-order valence-electron chi connectivity index (χ3n) is 3.91.